The Morgan fingerprint density at radius 2 is 1.93 bits per heavy atom. The van der Waals surface area contributed by atoms with Crippen molar-refractivity contribution in [2.45, 2.75) is 60.2 Å². The summed E-state index contributed by atoms with van der Waals surface area (Å²) in [7, 11) is 0. The van der Waals surface area contributed by atoms with E-state index in [2.05, 4.69) is 16.8 Å². The number of aromatic nitrogens is 1. The van der Waals surface area contributed by atoms with E-state index in [1.807, 2.05) is 57.0 Å². The molecule has 2 amide bonds. The van der Waals surface area contributed by atoms with Gasteiger partial charge < -0.3 is 19.2 Å². The van der Waals surface area contributed by atoms with Crippen molar-refractivity contribution in [2.24, 2.45) is 5.92 Å². The van der Waals surface area contributed by atoms with E-state index in [0.717, 1.165) is 18.7 Å². The predicted molar refractivity (Wildman–Crippen MR) is 105 cm³/mol. The van der Waals surface area contributed by atoms with E-state index < -0.39 is 0 Å². The summed E-state index contributed by atoms with van der Waals surface area (Å²) in [5.74, 6) is 0.955. The zero-order chi connectivity index (χ0) is 20.0. The molecule has 6 heteroatoms. The number of amides is 2. The molecule has 0 fully saturated rings. The Hall–Kier alpha value is -2.50. The van der Waals surface area contributed by atoms with Gasteiger partial charge in [-0.15, -0.1) is 0 Å². The van der Waals surface area contributed by atoms with Gasteiger partial charge >= 0.3 is 0 Å². The van der Waals surface area contributed by atoms with Gasteiger partial charge in [0.25, 0.3) is 5.91 Å². The van der Waals surface area contributed by atoms with Crippen molar-refractivity contribution >= 4 is 11.8 Å². The summed E-state index contributed by atoms with van der Waals surface area (Å²) < 4.78 is 7.75. The molecule has 0 aliphatic heterocycles. The number of rotatable bonds is 9. The molecule has 0 bridgehead atoms. The van der Waals surface area contributed by atoms with Gasteiger partial charge in [0.05, 0.1) is 13.1 Å². The second kappa shape index (κ2) is 9.44. The fourth-order valence-corrected chi connectivity index (χ4v) is 2.93. The molecular formula is C21H31N3O3. The Morgan fingerprint density at radius 3 is 2.56 bits per heavy atom. The number of furan rings is 1. The number of hydrogen-bond acceptors (Lipinski definition) is 3. The highest BCUT2D eigenvalue weighted by atomic mass is 16.4. The van der Waals surface area contributed by atoms with Gasteiger partial charge in [-0.2, -0.15) is 0 Å². The standard InChI is InChI=1S/C21H31N3O3/c1-6-11-24(21(26)15(2)3)13-17-8-7-12-23(17)14-18-9-10-19(27-18)20(25)22-16(4)5/h7-10,12,15-16H,6,11,13-14H2,1-5H3,(H,22,25). The second-order valence-corrected chi connectivity index (χ2v) is 7.44. The summed E-state index contributed by atoms with van der Waals surface area (Å²) in [5, 5.41) is 2.82. The monoisotopic (exact) mass is 373 g/mol. The number of carbonyl (C=O) groups excluding carboxylic acids is 2. The summed E-state index contributed by atoms with van der Waals surface area (Å²) >= 11 is 0. The van der Waals surface area contributed by atoms with Gasteiger partial charge in [-0.05, 0) is 44.5 Å². The van der Waals surface area contributed by atoms with Crippen molar-refractivity contribution in [1.82, 2.24) is 14.8 Å². The summed E-state index contributed by atoms with van der Waals surface area (Å²) in [6.07, 6.45) is 2.89. The van der Waals surface area contributed by atoms with Crippen LogP contribution in [0.15, 0.2) is 34.9 Å². The minimum Gasteiger partial charge on any atom is -0.454 e. The molecule has 2 heterocycles. The second-order valence-electron chi connectivity index (χ2n) is 7.44. The molecule has 0 spiro atoms. The first kappa shape index (κ1) is 20.8. The Labute approximate surface area is 161 Å². The number of hydrogen-bond donors (Lipinski definition) is 1. The van der Waals surface area contributed by atoms with E-state index in [1.54, 1.807) is 6.07 Å². The van der Waals surface area contributed by atoms with E-state index in [4.69, 9.17) is 4.42 Å². The van der Waals surface area contributed by atoms with Crippen molar-refractivity contribution in [1.29, 1.82) is 0 Å². The fourth-order valence-electron chi connectivity index (χ4n) is 2.93. The van der Waals surface area contributed by atoms with Gasteiger partial charge in [-0.3, -0.25) is 9.59 Å². The van der Waals surface area contributed by atoms with Crippen LogP contribution in [0, 0.1) is 5.92 Å². The highest BCUT2D eigenvalue weighted by Gasteiger charge is 2.18. The average molecular weight is 373 g/mol. The molecule has 27 heavy (non-hydrogen) atoms. The molecule has 1 N–H and O–H groups in total. The molecule has 0 unspecified atom stereocenters. The molecule has 2 aromatic heterocycles. The highest BCUT2D eigenvalue weighted by Crippen LogP contribution is 2.15. The smallest absolute Gasteiger partial charge is 0.287 e. The van der Waals surface area contributed by atoms with Crippen molar-refractivity contribution in [3.05, 3.63) is 47.7 Å². The van der Waals surface area contributed by atoms with Gasteiger partial charge in [0.15, 0.2) is 5.76 Å². The van der Waals surface area contributed by atoms with E-state index in [-0.39, 0.29) is 23.8 Å². The third kappa shape index (κ3) is 5.74. The van der Waals surface area contributed by atoms with E-state index in [0.29, 0.717) is 24.6 Å². The Kier molecular flexibility index (Phi) is 7.28. The molecule has 0 aromatic carbocycles. The van der Waals surface area contributed by atoms with Crippen molar-refractivity contribution in [3.63, 3.8) is 0 Å². The summed E-state index contributed by atoms with van der Waals surface area (Å²) in [6.45, 7) is 11.6. The van der Waals surface area contributed by atoms with E-state index in [1.165, 1.54) is 0 Å². The predicted octanol–water partition coefficient (Wildman–Crippen LogP) is 3.66. The van der Waals surface area contributed by atoms with Crippen LogP contribution in [0.2, 0.25) is 0 Å². The summed E-state index contributed by atoms with van der Waals surface area (Å²) in [4.78, 5) is 26.4. The zero-order valence-corrected chi connectivity index (χ0v) is 17.0. The fraction of sp³-hybridized carbons (Fsp3) is 0.524. The first-order chi connectivity index (χ1) is 12.8. The molecule has 0 radical (unpaired) electrons. The van der Waals surface area contributed by atoms with Gasteiger partial charge in [0.1, 0.15) is 5.76 Å². The first-order valence-electron chi connectivity index (χ1n) is 9.64. The minimum absolute atomic E-state index is 0.0212. The van der Waals surface area contributed by atoms with Crippen LogP contribution in [0.3, 0.4) is 0 Å². The third-order valence-electron chi connectivity index (χ3n) is 4.21. The largest absolute Gasteiger partial charge is 0.454 e. The van der Waals surface area contributed by atoms with Crippen LogP contribution >= 0.6 is 0 Å². The third-order valence-corrected chi connectivity index (χ3v) is 4.21. The van der Waals surface area contributed by atoms with E-state index >= 15 is 0 Å². The van der Waals surface area contributed by atoms with Crippen LogP contribution in [0.1, 0.15) is 63.0 Å². The molecule has 2 rings (SSSR count). The molecular weight excluding hydrogens is 342 g/mol. The lowest BCUT2D eigenvalue weighted by atomic mass is 10.2. The van der Waals surface area contributed by atoms with Crippen LogP contribution in [-0.4, -0.2) is 33.9 Å². The number of nitrogens with one attached hydrogen (secondary N) is 1. The Morgan fingerprint density at radius 1 is 1.19 bits per heavy atom. The Bertz CT molecular complexity index is 758. The Balaban J connectivity index is 2.09. The lowest BCUT2D eigenvalue weighted by Crippen LogP contribution is -2.35. The SMILES string of the molecule is CCCN(Cc1cccn1Cc1ccc(C(=O)NC(C)C)o1)C(=O)C(C)C. The van der Waals surface area contributed by atoms with Crippen LogP contribution in [0.5, 0.6) is 0 Å². The van der Waals surface area contributed by atoms with Gasteiger partial charge in [0, 0.05) is 30.4 Å². The van der Waals surface area contributed by atoms with Crippen molar-refractivity contribution in [2.75, 3.05) is 6.54 Å². The molecule has 2 aromatic rings. The highest BCUT2D eigenvalue weighted by molar-refractivity contribution is 5.91. The van der Waals surface area contributed by atoms with Crippen LogP contribution in [0.4, 0.5) is 0 Å². The maximum atomic E-state index is 12.4. The van der Waals surface area contributed by atoms with Crippen molar-refractivity contribution < 1.29 is 14.0 Å². The number of carbonyl (C=O) groups is 2. The molecule has 148 valence electrons. The summed E-state index contributed by atoms with van der Waals surface area (Å²) in [5.41, 5.74) is 1.04. The zero-order valence-electron chi connectivity index (χ0n) is 17.0. The molecule has 0 atom stereocenters. The lowest BCUT2D eigenvalue weighted by Gasteiger charge is -2.24. The molecule has 0 aliphatic carbocycles. The molecule has 0 saturated carbocycles. The minimum atomic E-state index is -0.208. The van der Waals surface area contributed by atoms with Gasteiger partial charge in [-0.25, -0.2) is 0 Å². The quantitative estimate of drug-likeness (QED) is 0.729. The summed E-state index contributed by atoms with van der Waals surface area (Å²) in [6, 6.07) is 7.56. The van der Waals surface area contributed by atoms with Crippen LogP contribution in [-0.2, 0) is 17.9 Å². The average Bonchev–Trinajstić information content (AvgIpc) is 3.23. The van der Waals surface area contributed by atoms with Gasteiger partial charge in [0.2, 0.25) is 5.91 Å². The number of nitrogens with zero attached hydrogens (tertiary/aromatic N) is 2. The van der Waals surface area contributed by atoms with Crippen LogP contribution in [0.25, 0.3) is 0 Å². The normalized spacial score (nSPS) is 11.2. The molecule has 0 saturated heterocycles. The first-order valence-corrected chi connectivity index (χ1v) is 9.64. The molecule has 0 aliphatic rings. The topological polar surface area (TPSA) is 67.5 Å². The van der Waals surface area contributed by atoms with E-state index in [9.17, 15) is 9.59 Å². The van der Waals surface area contributed by atoms with Gasteiger partial charge in [-0.1, -0.05) is 20.8 Å². The van der Waals surface area contributed by atoms with Crippen molar-refractivity contribution in [3.8, 4) is 0 Å². The maximum Gasteiger partial charge on any atom is 0.287 e. The maximum absolute atomic E-state index is 12.4. The lowest BCUT2D eigenvalue weighted by molar-refractivity contribution is -0.135. The van der Waals surface area contributed by atoms with Crippen LogP contribution < -0.4 is 5.32 Å². The molecule has 6 nitrogen and oxygen atoms in total.